The molecule has 23 heavy (non-hydrogen) atoms. The molecule has 1 amide bonds. The number of nitrogens with one attached hydrogen (secondary N) is 1. The molecule has 0 saturated carbocycles. The summed E-state index contributed by atoms with van der Waals surface area (Å²) in [7, 11) is 0. The number of allylic oxidation sites excluding steroid dienone is 3. The highest BCUT2D eigenvalue weighted by Gasteiger charge is 2.33. The lowest BCUT2D eigenvalue weighted by atomic mass is 9.72. The molecule has 1 aliphatic rings. The largest absolute Gasteiger partial charge is 0.366 e. The van der Waals surface area contributed by atoms with Crippen LogP contribution < -0.4 is 11.1 Å². The van der Waals surface area contributed by atoms with Crippen LogP contribution in [0, 0.1) is 5.41 Å². The van der Waals surface area contributed by atoms with Crippen LogP contribution in [0.15, 0.2) is 35.5 Å². The van der Waals surface area contributed by atoms with Gasteiger partial charge in [-0.2, -0.15) is 0 Å². The van der Waals surface area contributed by atoms with Crippen LogP contribution in [0.2, 0.25) is 0 Å². The Morgan fingerprint density at radius 1 is 1.30 bits per heavy atom. The zero-order chi connectivity index (χ0) is 17.3. The molecule has 1 atom stereocenters. The van der Waals surface area contributed by atoms with Crippen LogP contribution in [-0.4, -0.2) is 18.5 Å². The Labute approximate surface area is 142 Å². The monoisotopic (exact) mass is 318 g/mol. The number of nitrogens with two attached hydrogens (primary N) is 1. The summed E-state index contributed by atoms with van der Waals surface area (Å²) >= 11 is 0. The molecule has 0 aliphatic heterocycles. The number of hydrogen-bond acceptors (Lipinski definition) is 2. The lowest BCUT2D eigenvalue weighted by Crippen LogP contribution is -2.44. The maximum atomic E-state index is 11.7. The molecule has 130 valence electrons. The molecule has 3 N–H and O–H groups in total. The summed E-state index contributed by atoms with van der Waals surface area (Å²) in [5.41, 5.74) is 7.48. The average Bonchev–Trinajstić information content (AvgIpc) is 2.54. The van der Waals surface area contributed by atoms with E-state index in [2.05, 4.69) is 39.1 Å². The van der Waals surface area contributed by atoms with Gasteiger partial charge < -0.3 is 11.1 Å². The molecule has 0 heterocycles. The van der Waals surface area contributed by atoms with Gasteiger partial charge in [-0.1, -0.05) is 51.0 Å². The zero-order valence-corrected chi connectivity index (χ0v) is 15.3. The molecule has 0 saturated heterocycles. The van der Waals surface area contributed by atoms with E-state index in [-0.39, 0.29) is 11.3 Å². The van der Waals surface area contributed by atoms with Crippen molar-refractivity contribution in [2.75, 3.05) is 6.54 Å². The van der Waals surface area contributed by atoms with Gasteiger partial charge in [-0.15, -0.1) is 0 Å². The number of amides is 1. The Morgan fingerprint density at radius 3 is 2.57 bits per heavy atom. The maximum absolute atomic E-state index is 11.7. The third-order valence-electron chi connectivity index (χ3n) is 5.19. The van der Waals surface area contributed by atoms with Crippen LogP contribution >= 0.6 is 0 Å². The van der Waals surface area contributed by atoms with Crippen molar-refractivity contribution in [3.05, 3.63) is 35.5 Å². The summed E-state index contributed by atoms with van der Waals surface area (Å²) in [6, 6.07) is 0.427. The molecule has 0 radical (unpaired) electrons. The quantitative estimate of drug-likeness (QED) is 0.689. The molecule has 0 fully saturated rings. The average molecular weight is 319 g/mol. The molecule has 1 rings (SSSR count). The van der Waals surface area contributed by atoms with E-state index in [0.717, 1.165) is 32.2 Å². The number of rotatable bonds is 7. The lowest BCUT2D eigenvalue weighted by molar-refractivity contribution is -0.114. The van der Waals surface area contributed by atoms with Crippen LogP contribution in [0.1, 0.15) is 66.2 Å². The Kier molecular flexibility index (Phi) is 8.32. The molecule has 1 aliphatic carbocycles. The fourth-order valence-corrected chi connectivity index (χ4v) is 3.30. The third kappa shape index (κ3) is 5.65. The minimum Gasteiger partial charge on any atom is -0.366 e. The number of primary amides is 1. The van der Waals surface area contributed by atoms with Crippen molar-refractivity contribution in [1.29, 1.82) is 0 Å². The second-order valence-corrected chi connectivity index (χ2v) is 6.67. The highest BCUT2D eigenvalue weighted by molar-refractivity contribution is 5.95. The van der Waals surface area contributed by atoms with Gasteiger partial charge in [-0.05, 0) is 51.6 Å². The van der Waals surface area contributed by atoms with Gasteiger partial charge >= 0.3 is 0 Å². The maximum Gasteiger partial charge on any atom is 0.248 e. The first-order chi connectivity index (χ1) is 11.0. The van der Waals surface area contributed by atoms with Crippen LogP contribution in [0.25, 0.3) is 0 Å². The topological polar surface area (TPSA) is 55.1 Å². The normalized spacial score (nSPS) is 27.4. The molecule has 0 aromatic carbocycles. The summed E-state index contributed by atoms with van der Waals surface area (Å²) < 4.78 is 0. The molecule has 0 bridgehead atoms. The lowest BCUT2D eigenvalue weighted by Gasteiger charge is -2.39. The van der Waals surface area contributed by atoms with Crippen molar-refractivity contribution < 1.29 is 4.79 Å². The molecular formula is C20H34N2O. The number of carbonyl (C=O) groups excluding carboxylic acids is 1. The predicted octanol–water partition coefficient (Wildman–Crippen LogP) is 4.26. The standard InChI is InChI=1S/C20H34N2O/c1-5-8-15-22-18-12-10-16(4)9-11-17(19(21)23)13-14-20(18,6-2)7-3/h9,11,13-14,18,22H,5-8,10,12,15H2,1-4H3,(H2,21,23)/b14-13+,16-9+,17-11+. The Bertz CT molecular complexity index is 470. The van der Waals surface area contributed by atoms with E-state index >= 15 is 0 Å². The fourth-order valence-electron chi connectivity index (χ4n) is 3.30. The predicted molar refractivity (Wildman–Crippen MR) is 99.1 cm³/mol. The van der Waals surface area contributed by atoms with Crippen LogP contribution in [0.3, 0.4) is 0 Å². The first kappa shape index (κ1) is 19.7. The van der Waals surface area contributed by atoms with Gasteiger partial charge in [0.25, 0.3) is 0 Å². The van der Waals surface area contributed by atoms with E-state index in [4.69, 9.17) is 5.73 Å². The summed E-state index contributed by atoms with van der Waals surface area (Å²) in [4.78, 5) is 11.7. The van der Waals surface area contributed by atoms with Crippen molar-refractivity contribution in [2.45, 2.75) is 72.3 Å². The van der Waals surface area contributed by atoms with Crippen LogP contribution in [0.5, 0.6) is 0 Å². The highest BCUT2D eigenvalue weighted by Crippen LogP contribution is 2.36. The fraction of sp³-hybridized carbons (Fsp3) is 0.650. The van der Waals surface area contributed by atoms with Crippen LogP contribution in [0.4, 0.5) is 0 Å². The number of hydrogen-bond donors (Lipinski definition) is 2. The smallest absolute Gasteiger partial charge is 0.248 e. The Morgan fingerprint density at radius 2 is 2.00 bits per heavy atom. The van der Waals surface area contributed by atoms with Gasteiger partial charge in [0, 0.05) is 17.0 Å². The number of carbonyl (C=O) groups is 1. The molecular weight excluding hydrogens is 284 g/mol. The molecule has 3 nitrogen and oxygen atoms in total. The summed E-state index contributed by atoms with van der Waals surface area (Å²) in [6.07, 6.45) is 14.7. The van der Waals surface area contributed by atoms with Crippen LogP contribution in [-0.2, 0) is 4.79 Å². The van der Waals surface area contributed by atoms with Gasteiger partial charge in [0.1, 0.15) is 0 Å². The van der Waals surface area contributed by atoms with E-state index in [9.17, 15) is 4.79 Å². The molecule has 0 aromatic rings. The molecule has 1 unspecified atom stereocenters. The van der Waals surface area contributed by atoms with E-state index in [1.165, 1.54) is 18.4 Å². The van der Waals surface area contributed by atoms with Crippen molar-refractivity contribution in [3.63, 3.8) is 0 Å². The van der Waals surface area contributed by atoms with Gasteiger partial charge in [0.05, 0.1) is 0 Å². The number of unbranched alkanes of at least 4 members (excludes halogenated alkanes) is 1. The van der Waals surface area contributed by atoms with Gasteiger partial charge in [-0.3, -0.25) is 4.79 Å². The van der Waals surface area contributed by atoms with Gasteiger partial charge in [0.15, 0.2) is 0 Å². The highest BCUT2D eigenvalue weighted by atomic mass is 16.1. The van der Waals surface area contributed by atoms with E-state index in [1.54, 1.807) is 0 Å². The Balaban J connectivity index is 3.16. The van der Waals surface area contributed by atoms with E-state index < -0.39 is 0 Å². The molecule has 0 spiro atoms. The summed E-state index contributed by atoms with van der Waals surface area (Å²) in [6.45, 7) is 9.88. The SMILES string of the molecule is CCCCNC1CC/C(C)=C/C=C(C(N)=O)\C=C\C1(CC)CC. The molecule has 0 aromatic heterocycles. The summed E-state index contributed by atoms with van der Waals surface area (Å²) in [5, 5.41) is 3.78. The zero-order valence-electron chi connectivity index (χ0n) is 15.3. The van der Waals surface area contributed by atoms with E-state index in [1.807, 2.05) is 18.2 Å². The van der Waals surface area contributed by atoms with E-state index in [0.29, 0.717) is 11.6 Å². The second-order valence-electron chi connectivity index (χ2n) is 6.67. The van der Waals surface area contributed by atoms with Crippen molar-refractivity contribution in [3.8, 4) is 0 Å². The third-order valence-corrected chi connectivity index (χ3v) is 5.19. The summed E-state index contributed by atoms with van der Waals surface area (Å²) in [5.74, 6) is -0.359. The van der Waals surface area contributed by atoms with Crippen molar-refractivity contribution in [2.24, 2.45) is 11.1 Å². The first-order valence-corrected chi connectivity index (χ1v) is 9.09. The van der Waals surface area contributed by atoms with Gasteiger partial charge in [0.2, 0.25) is 5.91 Å². The Hall–Kier alpha value is -1.35. The first-order valence-electron chi connectivity index (χ1n) is 9.09. The van der Waals surface area contributed by atoms with Gasteiger partial charge in [-0.25, -0.2) is 0 Å². The second kappa shape index (κ2) is 9.71. The minimum absolute atomic E-state index is 0.0693. The van der Waals surface area contributed by atoms with Crippen molar-refractivity contribution >= 4 is 5.91 Å². The minimum atomic E-state index is -0.359. The molecule has 3 heteroatoms. The van der Waals surface area contributed by atoms with Crippen molar-refractivity contribution in [1.82, 2.24) is 5.32 Å².